The Labute approximate surface area is 106 Å². The molecule has 18 heavy (non-hydrogen) atoms. The molecule has 3 N–H and O–H groups in total. The monoisotopic (exact) mass is 250 g/mol. The van der Waals surface area contributed by atoms with Crippen LogP contribution in [0.4, 0.5) is 10.5 Å². The number of Topliss-reactive ketones (excluding diaryl/α,β-unsaturated/α-hetero) is 1. The first kappa shape index (κ1) is 14.2. The van der Waals surface area contributed by atoms with E-state index in [1.54, 1.807) is 24.3 Å². The summed E-state index contributed by atoms with van der Waals surface area (Å²) in [6, 6.07) is 6.02. The summed E-state index contributed by atoms with van der Waals surface area (Å²) in [7, 11) is 0. The molecule has 0 aliphatic rings. The Morgan fingerprint density at radius 3 is 2.33 bits per heavy atom. The average molecular weight is 250 g/mol. The normalized spacial score (nSPS) is 11.7. The molecule has 0 unspecified atom stereocenters. The molecule has 2 amide bonds. The molecule has 98 valence electrons. The Morgan fingerprint density at radius 2 is 1.89 bits per heavy atom. The zero-order chi connectivity index (χ0) is 13.5. The maximum Gasteiger partial charge on any atom is 0.319 e. The number of aliphatic hydroxyl groups is 1. The van der Waals surface area contributed by atoms with Crippen LogP contribution >= 0.6 is 0 Å². The van der Waals surface area contributed by atoms with E-state index in [0.29, 0.717) is 17.7 Å². The number of ketones is 1. The predicted octanol–water partition coefficient (Wildman–Crippen LogP) is 1.78. The molecule has 1 aromatic rings. The van der Waals surface area contributed by atoms with Gasteiger partial charge in [-0.3, -0.25) is 4.79 Å². The molecule has 0 saturated heterocycles. The van der Waals surface area contributed by atoms with E-state index in [4.69, 9.17) is 5.11 Å². The first-order valence-electron chi connectivity index (χ1n) is 5.86. The van der Waals surface area contributed by atoms with Crippen LogP contribution in [0.3, 0.4) is 0 Å². The summed E-state index contributed by atoms with van der Waals surface area (Å²) in [5.41, 5.74) is 1.20. The van der Waals surface area contributed by atoms with Gasteiger partial charge in [-0.05, 0) is 37.6 Å². The van der Waals surface area contributed by atoms with Gasteiger partial charge in [-0.15, -0.1) is 0 Å². The lowest BCUT2D eigenvalue weighted by Gasteiger charge is -2.14. The lowest BCUT2D eigenvalue weighted by molar-refractivity contribution is 0.101. The average Bonchev–Trinajstić information content (AvgIpc) is 2.36. The quantitative estimate of drug-likeness (QED) is 0.697. The van der Waals surface area contributed by atoms with Crippen LogP contribution in [-0.2, 0) is 0 Å². The fraction of sp³-hybridized carbons (Fsp3) is 0.385. The number of nitrogens with one attached hydrogen (secondary N) is 2. The summed E-state index contributed by atoms with van der Waals surface area (Å²) >= 11 is 0. The minimum absolute atomic E-state index is 0.0164. The molecule has 1 aromatic carbocycles. The van der Waals surface area contributed by atoms with Gasteiger partial charge in [0, 0.05) is 11.3 Å². The Hall–Kier alpha value is -1.88. The molecule has 0 radical (unpaired) electrons. The minimum atomic E-state index is -0.369. The van der Waals surface area contributed by atoms with Gasteiger partial charge in [-0.2, -0.15) is 0 Å². The van der Waals surface area contributed by atoms with Crippen molar-refractivity contribution < 1.29 is 14.7 Å². The summed E-state index contributed by atoms with van der Waals surface area (Å²) in [4.78, 5) is 22.6. The number of carbonyl (C=O) groups excluding carboxylic acids is 2. The van der Waals surface area contributed by atoms with Gasteiger partial charge in [-0.1, -0.05) is 6.92 Å². The number of rotatable bonds is 5. The molecule has 0 heterocycles. The summed E-state index contributed by atoms with van der Waals surface area (Å²) in [5, 5.41) is 14.2. The molecule has 5 heteroatoms. The fourth-order valence-electron chi connectivity index (χ4n) is 1.42. The summed E-state index contributed by atoms with van der Waals surface area (Å²) < 4.78 is 0. The van der Waals surface area contributed by atoms with Gasteiger partial charge in [0.05, 0.1) is 12.6 Å². The molecule has 0 aromatic heterocycles. The highest BCUT2D eigenvalue weighted by Gasteiger charge is 2.09. The molecule has 0 aliphatic heterocycles. The fourth-order valence-corrected chi connectivity index (χ4v) is 1.42. The molecule has 1 rings (SSSR count). The smallest absolute Gasteiger partial charge is 0.319 e. The first-order valence-corrected chi connectivity index (χ1v) is 5.86. The third-order valence-electron chi connectivity index (χ3n) is 2.60. The third kappa shape index (κ3) is 4.18. The maximum absolute atomic E-state index is 11.6. The SMILES string of the molecule is CC[C@@H](CO)NC(=O)Nc1ccc(C(C)=O)cc1. The van der Waals surface area contributed by atoms with Gasteiger partial charge >= 0.3 is 6.03 Å². The van der Waals surface area contributed by atoms with E-state index in [-0.39, 0.29) is 24.5 Å². The van der Waals surface area contributed by atoms with Gasteiger partial charge in [-0.25, -0.2) is 4.79 Å². The molecular formula is C13H18N2O3. The van der Waals surface area contributed by atoms with Gasteiger partial charge in [0.1, 0.15) is 0 Å². The van der Waals surface area contributed by atoms with E-state index in [2.05, 4.69) is 10.6 Å². The first-order chi connectivity index (χ1) is 8.56. The second kappa shape index (κ2) is 6.76. The number of urea groups is 1. The highest BCUT2D eigenvalue weighted by atomic mass is 16.3. The van der Waals surface area contributed by atoms with Crippen LogP contribution in [0.1, 0.15) is 30.6 Å². The van der Waals surface area contributed by atoms with Gasteiger partial charge < -0.3 is 15.7 Å². The Bertz CT molecular complexity index is 411. The lowest BCUT2D eigenvalue weighted by Crippen LogP contribution is -2.39. The van der Waals surface area contributed by atoms with E-state index in [1.165, 1.54) is 6.92 Å². The van der Waals surface area contributed by atoms with Crippen LogP contribution in [-0.4, -0.2) is 29.6 Å². The van der Waals surface area contributed by atoms with Crippen molar-refractivity contribution in [2.75, 3.05) is 11.9 Å². The second-order valence-electron chi connectivity index (χ2n) is 4.02. The van der Waals surface area contributed by atoms with Crippen molar-refractivity contribution in [3.8, 4) is 0 Å². The summed E-state index contributed by atoms with van der Waals surface area (Å²) in [6.07, 6.45) is 0.660. The van der Waals surface area contributed by atoms with Crippen LogP contribution in [0.5, 0.6) is 0 Å². The van der Waals surface area contributed by atoms with Crippen LogP contribution in [0.15, 0.2) is 24.3 Å². The largest absolute Gasteiger partial charge is 0.394 e. The number of hydrogen-bond acceptors (Lipinski definition) is 3. The van der Waals surface area contributed by atoms with Crippen molar-refractivity contribution >= 4 is 17.5 Å². The van der Waals surface area contributed by atoms with Crippen molar-refractivity contribution in [3.63, 3.8) is 0 Å². The number of aliphatic hydroxyl groups excluding tert-OH is 1. The third-order valence-corrected chi connectivity index (χ3v) is 2.60. The summed E-state index contributed by atoms with van der Waals surface area (Å²) in [6.45, 7) is 3.28. The van der Waals surface area contributed by atoms with E-state index < -0.39 is 0 Å². The Balaban J connectivity index is 2.56. The highest BCUT2D eigenvalue weighted by molar-refractivity contribution is 5.95. The maximum atomic E-state index is 11.6. The van der Waals surface area contributed by atoms with E-state index in [0.717, 1.165) is 0 Å². The van der Waals surface area contributed by atoms with Crippen molar-refractivity contribution in [2.45, 2.75) is 26.3 Å². The van der Waals surface area contributed by atoms with Crippen molar-refractivity contribution in [3.05, 3.63) is 29.8 Å². The van der Waals surface area contributed by atoms with E-state index in [1.807, 2.05) is 6.92 Å². The molecule has 0 fully saturated rings. The van der Waals surface area contributed by atoms with Gasteiger partial charge in [0.2, 0.25) is 0 Å². The van der Waals surface area contributed by atoms with Crippen molar-refractivity contribution in [1.29, 1.82) is 0 Å². The summed E-state index contributed by atoms with van der Waals surface area (Å²) in [5.74, 6) is -0.0164. The molecule has 1 atom stereocenters. The Morgan fingerprint density at radius 1 is 1.28 bits per heavy atom. The number of amides is 2. The molecular weight excluding hydrogens is 232 g/mol. The number of hydrogen-bond donors (Lipinski definition) is 3. The Kier molecular flexibility index (Phi) is 5.32. The van der Waals surface area contributed by atoms with E-state index in [9.17, 15) is 9.59 Å². The van der Waals surface area contributed by atoms with Gasteiger partial charge in [0.15, 0.2) is 5.78 Å². The zero-order valence-electron chi connectivity index (χ0n) is 10.6. The second-order valence-corrected chi connectivity index (χ2v) is 4.02. The number of carbonyl (C=O) groups is 2. The topological polar surface area (TPSA) is 78.4 Å². The molecule has 0 bridgehead atoms. The lowest BCUT2D eigenvalue weighted by atomic mass is 10.1. The van der Waals surface area contributed by atoms with E-state index >= 15 is 0 Å². The zero-order valence-corrected chi connectivity index (χ0v) is 10.6. The van der Waals surface area contributed by atoms with Crippen LogP contribution in [0.2, 0.25) is 0 Å². The number of benzene rings is 1. The highest BCUT2D eigenvalue weighted by Crippen LogP contribution is 2.09. The van der Waals surface area contributed by atoms with Gasteiger partial charge in [0.25, 0.3) is 0 Å². The molecule has 0 aliphatic carbocycles. The van der Waals surface area contributed by atoms with Crippen LogP contribution in [0.25, 0.3) is 0 Å². The minimum Gasteiger partial charge on any atom is -0.394 e. The molecule has 5 nitrogen and oxygen atoms in total. The van der Waals surface area contributed by atoms with Crippen LogP contribution in [0, 0.1) is 0 Å². The van der Waals surface area contributed by atoms with Crippen molar-refractivity contribution in [1.82, 2.24) is 5.32 Å². The van der Waals surface area contributed by atoms with Crippen molar-refractivity contribution in [2.24, 2.45) is 0 Å². The standard InChI is InChI=1S/C13H18N2O3/c1-3-11(8-16)14-13(18)15-12-6-4-10(5-7-12)9(2)17/h4-7,11,16H,3,8H2,1-2H3,(H2,14,15,18)/t11-/m0/s1. The molecule has 0 saturated carbocycles. The number of anilines is 1. The predicted molar refractivity (Wildman–Crippen MR) is 69.8 cm³/mol. The molecule has 0 spiro atoms. The van der Waals surface area contributed by atoms with Crippen LogP contribution < -0.4 is 10.6 Å².